The lowest BCUT2D eigenvalue weighted by atomic mass is 10.1. The first-order valence-electron chi connectivity index (χ1n) is 38.8. The highest BCUT2D eigenvalue weighted by atomic mass is 16.5. The Morgan fingerprint density at radius 3 is 1.04 bits per heavy atom. The van der Waals surface area contributed by atoms with Crippen LogP contribution in [0, 0.1) is 0 Å². The summed E-state index contributed by atoms with van der Waals surface area (Å²) in [6.45, 7) is 9.89. The summed E-state index contributed by atoms with van der Waals surface area (Å²) in [4.78, 5) is 87.3. The monoisotopic (exact) mass is 1550 g/mol. The smallest absolute Gasteiger partial charge is 0.288 e. The van der Waals surface area contributed by atoms with Gasteiger partial charge < -0.3 is 74.9 Å². The van der Waals surface area contributed by atoms with Gasteiger partial charge in [0.1, 0.15) is 51.0 Å². The van der Waals surface area contributed by atoms with Crippen molar-refractivity contribution in [3.8, 4) is 67.9 Å². The quantitative estimate of drug-likeness (QED) is 0.0310. The third-order valence-electron chi connectivity index (χ3n) is 20.9. The van der Waals surface area contributed by atoms with E-state index in [1.807, 2.05) is 262 Å². The zero-order valence-corrected chi connectivity index (χ0v) is 65.5. The lowest BCUT2D eigenvalue weighted by Gasteiger charge is -2.33. The van der Waals surface area contributed by atoms with Crippen LogP contribution in [0.15, 0.2) is 233 Å². The first kappa shape index (κ1) is 80.0. The average molecular weight is 1550 g/mol. The fourth-order valence-electron chi connectivity index (χ4n) is 14.8. The van der Waals surface area contributed by atoms with Crippen molar-refractivity contribution in [3.05, 3.63) is 250 Å². The zero-order chi connectivity index (χ0) is 80.7. The molecule has 0 bridgehead atoms. The minimum absolute atomic E-state index is 0.0114. The summed E-state index contributed by atoms with van der Waals surface area (Å²) in [5, 5.41) is 24.5. The SMILES string of the molecule is CC(C)N(C)C/C=C/C(=O)N1CCC[C@@H](n2cc(-c3ccc(Oc4ccccc4)cc3)c3c(N)n[nH]c(=O)c32)C1.CN(C)C/C=C/C(=O)N1CCC[C@@H](n2cc(-c3ccc(Oc4ccccc4)cc3)c3c(N)n[nH]c(=O)c32)C1.CNC/C=C/C(=O)N1CCC[C@@H](n2cc(-c3ccc(Oc4ccccc4)cc3)c3c(N)n[nH]c(=O)c32)C1. The van der Waals surface area contributed by atoms with Crippen molar-refractivity contribution in [1.82, 2.24) is 74.1 Å². The Labute approximate surface area is 665 Å². The number of para-hydroxylation sites is 3. The maximum absolute atomic E-state index is 13.1. The molecule has 10 N–H and O–H groups in total. The van der Waals surface area contributed by atoms with Gasteiger partial charge in [-0.3, -0.25) is 28.8 Å². The van der Waals surface area contributed by atoms with Crippen LogP contribution < -0.4 is 53.4 Å². The first-order chi connectivity index (χ1) is 55.8. The molecule has 6 aromatic heterocycles. The van der Waals surface area contributed by atoms with Gasteiger partial charge in [0.15, 0.2) is 17.5 Å². The van der Waals surface area contributed by atoms with Gasteiger partial charge in [-0.1, -0.05) is 109 Å². The summed E-state index contributed by atoms with van der Waals surface area (Å²) in [5.41, 5.74) is 24.5. The van der Waals surface area contributed by atoms with Gasteiger partial charge in [0.2, 0.25) is 17.7 Å². The van der Waals surface area contributed by atoms with Gasteiger partial charge in [-0.05, 0) is 170 Å². The number of carbonyl (C=O) groups excluding carboxylic acids is 3. The highest BCUT2D eigenvalue weighted by molar-refractivity contribution is 6.04. The number of aromatic nitrogens is 9. The van der Waals surface area contributed by atoms with Crippen LogP contribution in [0.25, 0.3) is 66.1 Å². The number of nitrogens with two attached hydrogens (primary N) is 3. The van der Waals surface area contributed by atoms with E-state index in [1.165, 1.54) is 0 Å². The molecule has 115 heavy (non-hydrogen) atoms. The maximum Gasteiger partial charge on any atom is 0.288 e. The molecule has 12 aromatic rings. The predicted octanol–water partition coefficient (Wildman–Crippen LogP) is 12.6. The second-order valence-electron chi connectivity index (χ2n) is 29.5. The summed E-state index contributed by atoms with van der Waals surface area (Å²) in [6.07, 6.45) is 21.5. The second-order valence-corrected chi connectivity index (χ2v) is 29.5. The number of nitrogen functional groups attached to an aromatic ring is 3. The van der Waals surface area contributed by atoms with Crippen LogP contribution >= 0.6 is 0 Å². The van der Waals surface area contributed by atoms with E-state index in [2.05, 4.69) is 54.7 Å². The van der Waals surface area contributed by atoms with Crippen LogP contribution in [0.2, 0.25) is 0 Å². The standard InChI is InChI=1S/C31H36N6O3.C29H32N6O3.C28H30N6O3/c1-21(2)35(3)17-8-12-27(38)36-18-7-9-23(19-36)37-20-26(28-29(37)31(39)34-33-30(28)32)22-13-15-25(16-14-22)40-24-10-5-4-6-11-24;1-33(2)16-7-11-25(36)34-17-6-8-21(18-34)35-19-24(26-27(35)29(37)32-31-28(26)30)20-12-14-23(15-13-20)38-22-9-4-3-5-10-22;1-30-15-5-10-24(35)33-16-6-7-20(17-33)34-18-23(25-26(34)28(36)32-31-27(25)29)19-11-13-22(14-12-19)37-21-8-3-2-4-9-21/h4-6,8,10-16,20-21,23H,7,9,17-19H2,1-3H3,(H2,32,33)(H,34,39);3-5,7,9-15,19,21H,6,8,16-18H2,1-2H3,(H2,30,31)(H,32,37);2-5,8-14,18,20,30H,6-7,15-17H2,1H3,(H2,29,31)(H,32,36)/b12-8+;11-7+;10-5+/t23-;21-;20-/m111/s1. The maximum atomic E-state index is 13.1. The summed E-state index contributed by atoms with van der Waals surface area (Å²) in [6, 6.07) is 52.0. The Hall–Kier alpha value is -13.1. The molecule has 3 fully saturated rings. The molecule has 3 aliphatic heterocycles. The van der Waals surface area contributed by atoms with Crippen molar-refractivity contribution in [1.29, 1.82) is 0 Å². The number of aromatic amines is 3. The molecule has 15 rings (SSSR count). The van der Waals surface area contributed by atoms with Crippen molar-refractivity contribution in [2.45, 2.75) is 76.5 Å². The number of likely N-dealkylation sites (N-methyl/N-ethyl adjacent to an activating group) is 3. The normalized spacial score (nSPS) is 15.9. The zero-order valence-electron chi connectivity index (χ0n) is 65.5. The molecule has 0 saturated carbocycles. The number of nitrogens with one attached hydrogen (secondary N) is 4. The van der Waals surface area contributed by atoms with Crippen LogP contribution in [0.4, 0.5) is 17.5 Å². The highest BCUT2D eigenvalue weighted by Gasteiger charge is 2.32. The van der Waals surface area contributed by atoms with Gasteiger partial charge in [0.05, 0.1) is 34.3 Å². The number of ether oxygens (including phenoxy) is 3. The molecule has 27 nitrogen and oxygen atoms in total. The summed E-state index contributed by atoms with van der Waals surface area (Å²) < 4.78 is 23.7. The molecule has 9 heterocycles. The van der Waals surface area contributed by atoms with E-state index < -0.39 is 0 Å². The van der Waals surface area contributed by atoms with Crippen molar-refractivity contribution in [2.24, 2.45) is 0 Å². The number of likely N-dealkylation sites (tertiary alicyclic amines) is 3. The van der Waals surface area contributed by atoms with Crippen molar-refractivity contribution in [2.75, 3.05) is 104 Å². The number of amides is 3. The topological polar surface area (TPSA) is 337 Å². The van der Waals surface area contributed by atoms with Crippen molar-refractivity contribution < 1.29 is 28.6 Å². The number of benzene rings is 6. The van der Waals surface area contributed by atoms with Gasteiger partial charge in [-0.25, -0.2) is 15.3 Å². The van der Waals surface area contributed by atoms with Gasteiger partial charge in [-0.15, -0.1) is 0 Å². The molecule has 0 radical (unpaired) electrons. The molecule has 3 saturated heterocycles. The number of H-pyrrole nitrogens is 3. The van der Waals surface area contributed by atoms with E-state index in [0.29, 0.717) is 115 Å². The third-order valence-corrected chi connectivity index (χ3v) is 20.9. The Morgan fingerprint density at radius 2 is 0.748 bits per heavy atom. The molecular formula is C88H98N18O9. The third kappa shape index (κ3) is 19.2. The fourth-order valence-corrected chi connectivity index (χ4v) is 14.8. The van der Waals surface area contributed by atoms with E-state index >= 15 is 0 Å². The molecule has 0 aliphatic carbocycles. The van der Waals surface area contributed by atoms with E-state index in [4.69, 9.17) is 31.4 Å². The van der Waals surface area contributed by atoms with E-state index in [1.54, 1.807) is 18.2 Å². The van der Waals surface area contributed by atoms with Crippen LogP contribution in [-0.4, -0.2) is 180 Å². The molecule has 594 valence electrons. The number of carbonyl (C=O) groups is 3. The van der Waals surface area contributed by atoms with E-state index in [0.717, 1.165) is 89.2 Å². The molecule has 3 amide bonds. The van der Waals surface area contributed by atoms with Crippen LogP contribution in [0.3, 0.4) is 0 Å². The number of anilines is 3. The number of hydrogen-bond donors (Lipinski definition) is 7. The average Bonchev–Trinajstić information content (AvgIpc) is 1.61. The fraction of sp³-hybridized carbons (Fsp3) is 0.284. The molecule has 27 heteroatoms. The Morgan fingerprint density at radius 1 is 0.452 bits per heavy atom. The lowest BCUT2D eigenvalue weighted by Crippen LogP contribution is -2.40. The van der Waals surface area contributed by atoms with E-state index in [-0.39, 0.29) is 70.0 Å². The Kier molecular flexibility index (Phi) is 25.7. The van der Waals surface area contributed by atoms with Gasteiger partial charge in [-0.2, -0.15) is 15.3 Å². The minimum Gasteiger partial charge on any atom is -0.457 e. The van der Waals surface area contributed by atoms with Crippen LogP contribution in [-0.2, 0) is 14.4 Å². The molecule has 3 atom stereocenters. The van der Waals surface area contributed by atoms with Crippen LogP contribution in [0.5, 0.6) is 34.5 Å². The summed E-state index contributed by atoms with van der Waals surface area (Å²) in [5.74, 6) is 5.09. The number of fused-ring (bicyclic) bond motifs is 3. The summed E-state index contributed by atoms with van der Waals surface area (Å²) in [7, 11) is 7.79. The second kappa shape index (κ2) is 37.0. The van der Waals surface area contributed by atoms with Crippen LogP contribution in [0.1, 0.15) is 70.5 Å². The Balaban J connectivity index is 0.000000150. The lowest BCUT2D eigenvalue weighted by molar-refractivity contribution is -0.128. The van der Waals surface area contributed by atoms with Gasteiger partial charge >= 0.3 is 0 Å². The van der Waals surface area contributed by atoms with Crippen molar-refractivity contribution in [3.63, 3.8) is 0 Å². The van der Waals surface area contributed by atoms with Gasteiger partial charge in [0, 0.05) is 118 Å². The van der Waals surface area contributed by atoms with Gasteiger partial charge in [0.25, 0.3) is 16.7 Å². The number of nitrogens with zero attached hydrogens (tertiary/aromatic N) is 11. The number of piperidine rings is 3. The van der Waals surface area contributed by atoms with Crippen molar-refractivity contribution >= 4 is 67.9 Å². The van der Waals surface area contributed by atoms with E-state index in [9.17, 15) is 28.8 Å². The Bertz CT molecular complexity index is 5640. The molecule has 0 spiro atoms. The molecule has 0 unspecified atom stereocenters. The first-order valence-corrected chi connectivity index (χ1v) is 38.8. The number of rotatable bonds is 22. The molecule has 6 aromatic carbocycles. The molecule has 3 aliphatic rings. The number of hydrogen-bond acceptors (Lipinski definition) is 18. The summed E-state index contributed by atoms with van der Waals surface area (Å²) >= 11 is 0. The largest absolute Gasteiger partial charge is 0.457 e. The molecular weight excluding hydrogens is 1450 g/mol. The highest BCUT2D eigenvalue weighted by Crippen LogP contribution is 2.41. The predicted molar refractivity (Wildman–Crippen MR) is 452 cm³/mol. The minimum atomic E-state index is -0.308.